The number of benzene rings is 2. The van der Waals surface area contributed by atoms with E-state index in [9.17, 15) is 0 Å². The topological polar surface area (TPSA) is 70.7 Å². The Bertz CT molecular complexity index is 917. The second kappa shape index (κ2) is 6.33. The Morgan fingerprint density at radius 1 is 0.917 bits per heavy atom. The average molecular weight is 318 g/mol. The van der Waals surface area contributed by atoms with Gasteiger partial charge in [0.05, 0.1) is 17.6 Å². The van der Waals surface area contributed by atoms with Crippen molar-refractivity contribution in [3.63, 3.8) is 0 Å². The van der Waals surface area contributed by atoms with E-state index in [0.29, 0.717) is 6.61 Å². The fraction of sp³-hybridized carbons (Fsp3) is 0.0588. The summed E-state index contributed by atoms with van der Waals surface area (Å²) in [7, 11) is 0. The zero-order valence-electron chi connectivity index (χ0n) is 12.7. The highest BCUT2D eigenvalue weighted by atomic mass is 16.5. The van der Waals surface area contributed by atoms with E-state index in [-0.39, 0.29) is 0 Å². The van der Waals surface area contributed by atoms with Gasteiger partial charge in [0.15, 0.2) is 0 Å². The summed E-state index contributed by atoms with van der Waals surface area (Å²) >= 11 is 0. The first-order chi connectivity index (χ1) is 11.9. The summed E-state index contributed by atoms with van der Waals surface area (Å²) in [5.74, 6) is 0.746. The quantitative estimate of drug-likeness (QED) is 0.565. The van der Waals surface area contributed by atoms with Crippen molar-refractivity contribution in [1.82, 2.24) is 30.0 Å². The molecule has 118 valence electrons. The first-order valence-electron chi connectivity index (χ1n) is 7.44. The lowest BCUT2D eigenvalue weighted by molar-refractivity contribution is 0.306. The SMILES string of the molecule is c1ccc(-n2cc(COc3cccc(-n4cnnn4)c3)cn2)cc1. The standard InChI is InChI=1S/C17H14N6O/c1-2-5-15(6-3-1)22-11-14(10-19-22)12-24-17-8-4-7-16(9-17)23-13-18-20-21-23/h1-11,13H,12H2. The van der Waals surface area contributed by atoms with Crippen LogP contribution in [0.15, 0.2) is 73.3 Å². The molecule has 7 heteroatoms. The van der Waals surface area contributed by atoms with E-state index in [0.717, 1.165) is 22.7 Å². The van der Waals surface area contributed by atoms with Crippen LogP contribution in [0.5, 0.6) is 5.75 Å². The lowest BCUT2D eigenvalue weighted by atomic mass is 10.3. The third kappa shape index (κ3) is 3.00. The summed E-state index contributed by atoms with van der Waals surface area (Å²) in [4.78, 5) is 0. The maximum Gasteiger partial charge on any atom is 0.143 e. The van der Waals surface area contributed by atoms with Crippen LogP contribution in [0.25, 0.3) is 11.4 Å². The van der Waals surface area contributed by atoms with Gasteiger partial charge in [0.25, 0.3) is 0 Å². The molecule has 0 aliphatic heterocycles. The van der Waals surface area contributed by atoms with Gasteiger partial charge >= 0.3 is 0 Å². The molecular weight excluding hydrogens is 304 g/mol. The van der Waals surface area contributed by atoms with Crippen molar-refractivity contribution < 1.29 is 4.74 Å². The van der Waals surface area contributed by atoms with Gasteiger partial charge in [-0.1, -0.05) is 24.3 Å². The molecule has 7 nitrogen and oxygen atoms in total. The van der Waals surface area contributed by atoms with Crippen molar-refractivity contribution in [1.29, 1.82) is 0 Å². The smallest absolute Gasteiger partial charge is 0.143 e. The van der Waals surface area contributed by atoms with Crippen molar-refractivity contribution in [3.8, 4) is 17.1 Å². The number of ether oxygens (including phenoxy) is 1. The summed E-state index contributed by atoms with van der Waals surface area (Å²) in [6.07, 6.45) is 5.31. The molecule has 24 heavy (non-hydrogen) atoms. The minimum absolute atomic E-state index is 0.436. The predicted octanol–water partition coefficient (Wildman–Crippen LogP) is 2.43. The molecule has 0 N–H and O–H groups in total. The van der Waals surface area contributed by atoms with Crippen LogP contribution in [0, 0.1) is 0 Å². The Hall–Kier alpha value is -3.48. The Morgan fingerprint density at radius 2 is 1.79 bits per heavy atom. The van der Waals surface area contributed by atoms with Crippen LogP contribution >= 0.6 is 0 Å². The van der Waals surface area contributed by atoms with Gasteiger partial charge in [-0.25, -0.2) is 9.36 Å². The van der Waals surface area contributed by atoms with Gasteiger partial charge in [-0.15, -0.1) is 5.10 Å². The summed E-state index contributed by atoms with van der Waals surface area (Å²) < 4.78 is 9.26. The molecule has 4 rings (SSSR count). The first kappa shape index (κ1) is 14.1. The van der Waals surface area contributed by atoms with Crippen LogP contribution in [-0.4, -0.2) is 30.0 Å². The van der Waals surface area contributed by atoms with Gasteiger partial charge in [-0.3, -0.25) is 0 Å². The molecule has 2 heterocycles. The Morgan fingerprint density at radius 3 is 2.62 bits per heavy atom. The third-order valence-corrected chi connectivity index (χ3v) is 3.49. The zero-order valence-corrected chi connectivity index (χ0v) is 12.7. The monoisotopic (exact) mass is 318 g/mol. The van der Waals surface area contributed by atoms with Crippen LogP contribution < -0.4 is 4.74 Å². The van der Waals surface area contributed by atoms with E-state index in [1.165, 1.54) is 0 Å². The largest absolute Gasteiger partial charge is 0.489 e. The second-order valence-electron chi connectivity index (χ2n) is 5.17. The van der Waals surface area contributed by atoms with Gasteiger partial charge in [-0.2, -0.15) is 5.10 Å². The molecule has 2 aromatic heterocycles. The summed E-state index contributed by atoms with van der Waals surface area (Å²) in [5, 5.41) is 15.5. The number of hydrogen-bond donors (Lipinski definition) is 0. The van der Waals surface area contributed by atoms with Crippen molar-refractivity contribution in [3.05, 3.63) is 78.9 Å². The number of hydrogen-bond acceptors (Lipinski definition) is 5. The molecule has 0 amide bonds. The van der Waals surface area contributed by atoms with E-state index >= 15 is 0 Å². The van der Waals surface area contributed by atoms with E-state index in [4.69, 9.17) is 4.74 Å². The maximum absolute atomic E-state index is 5.84. The number of aromatic nitrogens is 6. The van der Waals surface area contributed by atoms with Gasteiger partial charge in [0, 0.05) is 17.8 Å². The van der Waals surface area contributed by atoms with Gasteiger partial charge < -0.3 is 4.74 Å². The van der Waals surface area contributed by atoms with Crippen LogP contribution in [0.3, 0.4) is 0 Å². The lowest BCUT2D eigenvalue weighted by Gasteiger charge is -2.06. The molecule has 0 saturated carbocycles. The van der Waals surface area contributed by atoms with Gasteiger partial charge in [-0.05, 0) is 34.7 Å². The molecule has 0 aliphatic rings. The number of tetrazole rings is 1. The summed E-state index contributed by atoms with van der Waals surface area (Å²) in [6.45, 7) is 0.436. The number of para-hydroxylation sites is 1. The highest BCUT2D eigenvalue weighted by Gasteiger charge is 2.04. The molecule has 2 aromatic carbocycles. The third-order valence-electron chi connectivity index (χ3n) is 3.49. The van der Waals surface area contributed by atoms with Crippen LogP contribution in [-0.2, 0) is 6.61 Å². The molecule has 4 aromatic rings. The van der Waals surface area contributed by atoms with Crippen molar-refractivity contribution in [2.45, 2.75) is 6.61 Å². The Labute approximate surface area is 138 Å². The lowest BCUT2D eigenvalue weighted by Crippen LogP contribution is -1.98. The fourth-order valence-corrected chi connectivity index (χ4v) is 2.32. The highest BCUT2D eigenvalue weighted by Crippen LogP contribution is 2.17. The molecule has 0 fully saturated rings. The van der Waals surface area contributed by atoms with Crippen LogP contribution in [0.2, 0.25) is 0 Å². The molecular formula is C17H14N6O. The maximum atomic E-state index is 5.84. The molecule has 0 aliphatic carbocycles. The Balaban J connectivity index is 1.46. The van der Waals surface area contributed by atoms with E-state index in [1.807, 2.05) is 65.5 Å². The van der Waals surface area contributed by atoms with Crippen LogP contribution in [0.1, 0.15) is 5.56 Å². The molecule has 0 atom stereocenters. The summed E-state index contributed by atoms with van der Waals surface area (Å²) in [5.41, 5.74) is 2.86. The molecule has 0 spiro atoms. The minimum atomic E-state index is 0.436. The molecule has 0 bridgehead atoms. The van der Waals surface area contributed by atoms with Crippen molar-refractivity contribution in [2.24, 2.45) is 0 Å². The predicted molar refractivity (Wildman–Crippen MR) is 87.1 cm³/mol. The highest BCUT2D eigenvalue weighted by molar-refractivity contribution is 5.38. The minimum Gasteiger partial charge on any atom is -0.489 e. The van der Waals surface area contributed by atoms with Crippen LogP contribution in [0.4, 0.5) is 0 Å². The number of nitrogens with zero attached hydrogens (tertiary/aromatic N) is 6. The van der Waals surface area contributed by atoms with E-state index in [2.05, 4.69) is 20.6 Å². The van der Waals surface area contributed by atoms with Gasteiger partial charge in [0.2, 0.25) is 0 Å². The number of rotatable bonds is 5. The molecule has 0 radical (unpaired) electrons. The van der Waals surface area contributed by atoms with Gasteiger partial charge in [0.1, 0.15) is 18.7 Å². The first-order valence-corrected chi connectivity index (χ1v) is 7.44. The van der Waals surface area contributed by atoms with Crippen molar-refractivity contribution in [2.75, 3.05) is 0 Å². The zero-order chi connectivity index (χ0) is 16.2. The van der Waals surface area contributed by atoms with Crippen molar-refractivity contribution >= 4 is 0 Å². The fourth-order valence-electron chi connectivity index (χ4n) is 2.32. The average Bonchev–Trinajstić information content (AvgIpc) is 3.33. The van der Waals surface area contributed by atoms with E-state index in [1.54, 1.807) is 17.2 Å². The van der Waals surface area contributed by atoms with E-state index < -0.39 is 0 Å². The normalized spacial score (nSPS) is 10.7. The Kier molecular flexibility index (Phi) is 3.73. The summed E-state index contributed by atoms with van der Waals surface area (Å²) in [6, 6.07) is 17.6. The second-order valence-corrected chi connectivity index (χ2v) is 5.17. The molecule has 0 saturated heterocycles. The molecule has 0 unspecified atom stereocenters.